The van der Waals surface area contributed by atoms with E-state index in [0.717, 1.165) is 0 Å². The van der Waals surface area contributed by atoms with Crippen molar-refractivity contribution in [2.75, 3.05) is 13.2 Å². The minimum Gasteiger partial charge on any atom is -0.494 e. The number of carboxylic acid groups (broad SMARTS) is 1. The van der Waals surface area contributed by atoms with Gasteiger partial charge in [-0.15, -0.1) is 0 Å². The van der Waals surface area contributed by atoms with Crippen molar-refractivity contribution >= 4 is 23.5 Å². The number of hydrogen-bond donors (Lipinski definition) is 2. The summed E-state index contributed by atoms with van der Waals surface area (Å²) >= 11 is 0. The smallest absolute Gasteiger partial charge is 0.336 e. The molecule has 0 bridgehead atoms. The van der Waals surface area contributed by atoms with Crippen molar-refractivity contribution in [3.05, 3.63) is 70.1 Å². The molecule has 2 aromatic rings. The molecule has 2 N–H and O–H groups in total. The van der Waals surface area contributed by atoms with Crippen LogP contribution in [-0.4, -0.2) is 52.4 Å². The number of nitrogens with zero attached hydrogens (tertiary/aromatic N) is 4. The summed E-state index contributed by atoms with van der Waals surface area (Å²) in [5.74, 6) is -1.23. The molecule has 0 fully saturated rings. The number of carbonyl (C=O) groups excluding carboxylic acids is 1. The summed E-state index contributed by atoms with van der Waals surface area (Å²) in [4.78, 5) is 32.6. The highest BCUT2D eigenvalue weighted by atomic mass is 16.6. The van der Waals surface area contributed by atoms with Crippen molar-refractivity contribution in [3.63, 3.8) is 0 Å². The van der Waals surface area contributed by atoms with Crippen molar-refractivity contribution in [2.45, 2.75) is 57.3 Å². The first kappa shape index (κ1) is 27.5. The third kappa shape index (κ3) is 6.78. The lowest BCUT2D eigenvalue weighted by atomic mass is 9.83. The van der Waals surface area contributed by atoms with Gasteiger partial charge >= 0.3 is 11.9 Å². The zero-order valence-corrected chi connectivity index (χ0v) is 21.0. The molecular formula is C26H30N4O7. The molecule has 1 aliphatic rings. The van der Waals surface area contributed by atoms with E-state index in [1.54, 1.807) is 69.3 Å². The normalized spacial score (nSPS) is 18.8. The molecular weight excluding hydrogens is 480 g/mol. The number of ether oxygens (including phenoxy) is 3. The van der Waals surface area contributed by atoms with Crippen molar-refractivity contribution in [1.29, 1.82) is 0 Å². The van der Waals surface area contributed by atoms with Gasteiger partial charge in [-0.25, -0.2) is 9.79 Å². The van der Waals surface area contributed by atoms with Gasteiger partial charge in [0.05, 0.1) is 6.61 Å². The van der Waals surface area contributed by atoms with Gasteiger partial charge in [0.2, 0.25) is 11.4 Å². The van der Waals surface area contributed by atoms with Crippen LogP contribution in [-0.2, 0) is 19.1 Å². The quantitative estimate of drug-likeness (QED) is 0.143. The maximum atomic E-state index is 12.8. The maximum absolute atomic E-state index is 12.8. The number of aliphatic hydroxyl groups excluding tert-OH is 1. The lowest BCUT2D eigenvalue weighted by Crippen LogP contribution is -2.41. The molecule has 196 valence electrons. The van der Waals surface area contributed by atoms with Crippen molar-refractivity contribution in [1.82, 2.24) is 0 Å². The Kier molecular flexibility index (Phi) is 8.75. The molecule has 0 radical (unpaired) electrons. The van der Waals surface area contributed by atoms with Gasteiger partial charge in [-0.2, -0.15) is 0 Å². The Morgan fingerprint density at radius 3 is 2.51 bits per heavy atom. The van der Waals surface area contributed by atoms with Crippen LogP contribution in [0.5, 0.6) is 5.75 Å². The number of aliphatic carboxylic acids is 1. The second kappa shape index (κ2) is 11.8. The van der Waals surface area contributed by atoms with Gasteiger partial charge in [0.15, 0.2) is 6.10 Å². The minimum absolute atomic E-state index is 0.0159. The molecule has 0 unspecified atom stereocenters. The van der Waals surface area contributed by atoms with Gasteiger partial charge < -0.3 is 24.4 Å². The van der Waals surface area contributed by atoms with Crippen LogP contribution in [0.2, 0.25) is 0 Å². The van der Waals surface area contributed by atoms with E-state index in [4.69, 9.17) is 24.8 Å². The van der Waals surface area contributed by atoms with Gasteiger partial charge in [-0.3, -0.25) is 4.79 Å². The molecule has 0 aliphatic carbocycles. The van der Waals surface area contributed by atoms with Gasteiger partial charge in [0.25, 0.3) is 0 Å². The highest BCUT2D eigenvalue weighted by molar-refractivity contribution is 5.99. The Morgan fingerprint density at radius 2 is 1.89 bits per heavy atom. The minimum atomic E-state index is -1.89. The van der Waals surface area contributed by atoms with E-state index in [1.165, 1.54) is 0 Å². The van der Waals surface area contributed by atoms with E-state index < -0.39 is 29.2 Å². The SMILES string of the molecule is CC(C)(C)OC(=O)CC[C@]1(C(=O)O)N=C(c2ccc(OCCCO)cc2)O[C@H]1c1ccccc1N=[N+]=[N-]. The number of esters is 1. The first-order valence-electron chi connectivity index (χ1n) is 11.8. The summed E-state index contributed by atoms with van der Waals surface area (Å²) in [7, 11) is 0. The fourth-order valence-corrected chi connectivity index (χ4v) is 3.86. The zero-order valence-electron chi connectivity index (χ0n) is 21.0. The number of benzene rings is 2. The largest absolute Gasteiger partial charge is 0.494 e. The van der Waals surface area contributed by atoms with Crippen LogP contribution in [0.15, 0.2) is 58.6 Å². The van der Waals surface area contributed by atoms with Crippen LogP contribution in [0.1, 0.15) is 57.3 Å². The Morgan fingerprint density at radius 1 is 1.19 bits per heavy atom. The van der Waals surface area contributed by atoms with Crippen molar-refractivity contribution in [3.8, 4) is 5.75 Å². The van der Waals surface area contributed by atoms with Crippen molar-refractivity contribution in [2.24, 2.45) is 10.1 Å². The van der Waals surface area contributed by atoms with E-state index >= 15 is 0 Å². The predicted molar refractivity (Wildman–Crippen MR) is 135 cm³/mol. The molecule has 0 saturated heterocycles. The van der Waals surface area contributed by atoms with Crippen molar-refractivity contribution < 1.29 is 34.0 Å². The van der Waals surface area contributed by atoms with Crippen LogP contribution in [0.3, 0.4) is 0 Å². The monoisotopic (exact) mass is 510 g/mol. The third-order valence-electron chi connectivity index (χ3n) is 5.51. The predicted octanol–water partition coefficient (Wildman–Crippen LogP) is 4.85. The standard InChI is InChI=1S/C26H30N4O7/c1-25(2,3)37-21(32)13-14-26(24(33)34)22(19-7-4-5-8-20(19)29-30-27)36-23(28-26)17-9-11-18(12-10-17)35-16-6-15-31/h4-5,7-12,22,31H,6,13-16H2,1-3H3,(H,33,34)/t22-,26-/m0/s1. The number of azide groups is 1. The molecule has 11 nitrogen and oxygen atoms in total. The Hall–Kier alpha value is -4.08. The summed E-state index contributed by atoms with van der Waals surface area (Å²) in [6.45, 7) is 5.54. The van der Waals surface area contributed by atoms with Crippen LogP contribution < -0.4 is 4.74 Å². The molecule has 0 amide bonds. The fraction of sp³-hybridized carbons (Fsp3) is 0.423. The topological polar surface area (TPSA) is 163 Å². The number of rotatable bonds is 11. The summed E-state index contributed by atoms with van der Waals surface area (Å²) in [6, 6.07) is 13.2. The molecule has 1 heterocycles. The highest BCUT2D eigenvalue weighted by Gasteiger charge is 2.54. The summed E-state index contributed by atoms with van der Waals surface area (Å²) in [5.41, 5.74) is 7.44. The van der Waals surface area contributed by atoms with Crippen LogP contribution >= 0.6 is 0 Å². The van der Waals surface area contributed by atoms with Crippen LogP contribution in [0.4, 0.5) is 5.69 Å². The van der Waals surface area contributed by atoms with Gasteiger partial charge in [-0.1, -0.05) is 29.4 Å². The maximum Gasteiger partial charge on any atom is 0.336 e. The molecule has 37 heavy (non-hydrogen) atoms. The molecule has 2 aromatic carbocycles. The van der Waals surface area contributed by atoms with Crippen LogP contribution in [0, 0.1) is 0 Å². The second-order valence-electron chi connectivity index (χ2n) is 9.43. The number of aliphatic imine (C=N–C) groups is 1. The van der Waals surface area contributed by atoms with E-state index in [2.05, 4.69) is 15.0 Å². The van der Waals surface area contributed by atoms with E-state index in [1.807, 2.05) is 0 Å². The van der Waals surface area contributed by atoms with E-state index in [-0.39, 0.29) is 31.0 Å². The number of carbonyl (C=O) groups is 2. The zero-order chi connectivity index (χ0) is 27.1. The molecule has 0 spiro atoms. The third-order valence-corrected chi connectivity index (χ3v) is 5.51. The number of hydrogen-bond acceptors (Lipinski definition) is 8. The van der Waals surface area contributed by atoms with Crippen LogP contribution in [0.25, 0.3) is 10.4 Å². The molecule has 0 saturated carbocycles. The van der Waals surface area contributed by atoms with Gasteiger partial charge in [0.1, 0.15) is 11.4 Å². The summed E-state index contributed by atoms with van der Waals surface area (Å²) in [5, 5.41) is 23.0. The summed E-state index contributed by atoms with van der Waals surface area (Å²) < 4.78 is 17.1. The molecule has 3 rings (SSSR count). The number of carboxylic acids is 1. The number of aliphatic hydroxyl groups is 1. The first-order chi connectivity index (χ1) is 17.6. The van der Waals surface area contributed by atoms with Gasteiger partial charge in [-0.05, 0) is 57.0 Å². The Labute approximate surface area is 214 Å². The molecule has 1 aliphatic heterocycles. The fourth-order valence-electron chi connectivity index (χ4n) is 3.86. The average Bonchev–Trinajstić information content (AvgIpc) is 3.24. The second-order valence-corrected chi connectivity index (χ2v) is 9.43. The lowest BCUT2D eigenvalue weighted by molar-refractivity contribution is -0.156. The Bertz CT molecular complexity index is 1200. The molecule has 2 atom stereocenters. The Balaban J connectivity index is 2.01. The summed E-state index contributed by atoms with van der Waals surface area (Å²) in [6.07, 6.45) is -1.12. The highest BCUT2D eigenvalue weighted by Crippen LogP contribution is 2.46. The van der Waals surface area contributed by atoms with E-state index in [0.29, 0.717) is 29.9 Å². The molecule has 11 heteroatoms. The first-order valence-corrected chi connectivity index (χ1v) is 11.8. The average molecular weight is 511 g/mol. The van der Waals surface area contributed by atoms with Gasteiger partial charge in [0, 0.05) is 41.2 Å². The van der Waals surface area contributed by atoms with E-state index in [9.17, 15) is 14.7 Å². The molecule has 0 aromatic heterocycles. The lowest BCUT2D eigenvalue weighted by Gasteiger charge is -2.29.